The number of methoxy groups -OCH3 is 4. The van der Waals surface area contributed by atoms with Gasteiger partial charge in [-0.15, -0.1) is 0 Å². The van der Waals surface area contributed by atoms with Crippen molar-refractivity contribution in [1.29, 1.82) is 0 Å². The second kappa shape index (κ2) is 8.48. The average molecular weight is 362 g/mol. The van der Waals surface area contributed by atoms with Gasteiger partial charge in [0.05, 0.1) is 46.9 Å². The predicted octanol–water partition coefficient (Wildman–Crippen LogP) is 0.834. The zero-order chi connectivity index (χ0) is 18.3. The number of amides is 1. The molecule has 24 heavy (non-hydrogen) atoms. The molecule has 0 bridgehead atoms. The van der Waals surface area contributed by atoms with Crippen molar-refractivity contribution in [3.05, 3.63) is 12.1 Å². The van der Waals surface area contributed by atoms with Crippen LogP contribution in [-0.4, -0.2) is 62.3 Å². The normalized spacial score (nSPS) is 10.7. The number of alkyl carbamates (subject to hydrolysis) is 1. The van der Waals surface area contributed by atoms with Crippen LogP contribution in [0.5, 0.6) is 17.2 Å². The summed E-state index contributed by atoms with van der Waals surface area (Å²) in [5.41, 5.74) is 0.318. The number of anilines is 1. The van der Waals surface area contributed by atoms with E-state index in [1.54, 1.807) is 0 Å². The highest BCUT2D eigenvalue weighted by atomic mass is 32.2. The molecule has 0 saturated carbocycles. The van der Waals surface area contributed by atoms with E-state index in [9.17, 15) is 13.2 Å². The Labute approximate surface area is 141 Å². The van der Waals surface area contributed by atoms with Crippen LogP contribution in [0.15, 0.2) is 12.1 Å². The van der Waals surface area contributed by atoms with Crippen LogP contribution in [0.25, 0.3) is 0 Å². The van der Waals surface area contributed by atoms with Gasteiger partial charge in [0.25, 0.3) is 0 Å². The fraction of sp³-hybridized carbons (Fsp3) is 0.500. The Hall–Kier alpha value is -2.36. The lowest BCUT2D eigenvalue weighted by Crippen LogP contribution is -2.38. The molecule has 1 aromatic rings. The van der Waals surface area contributed by atoms with Crippen molar-refractivity contribution in [2.45, 2.75) is 0 Å². The molecule has 1 aromatic carbocycles. The van der Waals surface area contributed by atoms with Gasteiger partial charge in [-0.2, -0.15) is 0 Å². The highest BCUT2D eigenvalue weighted by Gasteiger charge is 2.22. The molecule has 10 heteroatoms. The fourth-order valence-electron chi connectivity index (χ4n) is 2.03. The smallest absolute Gasteiger partial charge is 0.406 e. The molecule has 0 aromatic heterocycles. The van der Waals surface area contributed by atoms with E-state index < -0.39 is 16.1 Å². The van der Waals surface area contributed by atoms with E-state index in [1.165, 1.54) is 40.6 Å². The first-order valence-corrected chi connectivity index (χ1v) is 8.72. The number of sulfonamides is 1. The van der Waals surface area contributed by atoms with Crippen LogP contribution in [0.2, 0.25) is 0 Å². The van der Waals surface area contributed by atoms with E-state index in [0.29, 0.717) is 22.9 Å². The Balaban J connectivity index is 3.21. The number of hydrogen-bond acceptors (Lipinski definition) is 7. The maximum atomic E-state index is 12.1. The molecule has 0 atom stereocenters. The molecule has 0 unspecified atom stereocenters. The van der Waals surface area contributed by atoms with Crippen LogP contribution >= 0.6 is 0 Å². The molecule has 0 aliphatic heterocycles. The van der Waals surface area contributed by atoms with E-state index in [1.807, 2.05) is 0 Å². The van der Waals surface area contributed by atoms with Gasteiger partial charge in [-0.3, -0.25) is 4.31 Å². The Kier molecular flexibility index (Phi) is 6.96. The molecule has 136 valence electrons. The third-order valence-electron chi connectivity index (χ3n) is 3.11. The van der Waals surface area contributed by atoms with Crippen molar-refractivity contribution in [3.8, 4) is 17.2 Å². The summed E-state index contributed by atoms with van der Waals surface area (Å²) in [7, 11) is 1.95. The summed E-state index contributed by atoms with van der Waals surface area (Å²) in [6.07, 6.45) is 0.419. The zero-order valence-electron chi connectivity index (χ0n) is 14.3. The fourth-order valence-corrected chi connectivity index (χ4v) is 2.94. The lowest BCUT2D eigenvalue weighted by Gasteiger charge is -2.24. The van der Waals surface area contributed by atoms with Gasteiger partial charge in [0.15, 0.2) is 11.5 Å². The van der Waals surface area contributed by atoms with Crippen molar-refractivity contribution in [2.24, 2.45) is 0 Å². The minimum Gasteiger partial charge on any atom is -0.493 e. The quantitative estimate of drug-likeness (QED) is 0.731. The molecule has 0 saturated heterocycles. The Morgan fingerprint density at radius 2 is 1.62 bits per heavy atom. The summed E-state index contributed by atoms with van der Waals surface area (Å²) >= 11 is 0. The molecule has 0 spiro atoms. The van der Waals surface area contributed by atoms with Crippen molar-refractivity contribution < 1.29 is 32.2 Å². The van der Waals surface area contributed by atoms with Crippen LogP contribution in [0.3, 0.4) is 0 Å². The highest BCUT2D eigenvalue weighted by molar-refractivity contribution is 7.92. The molecular weight excluding hydrogens is 340 g/mol. The molecular formula is C14H22N2O7S. The molecule has 0 aliphatic carbocycles. The van der Waals surface area contributed by atoms with E-state index in [0.717, 1.165) is 10.6 Å². The molecule has 1 N–H and O–H groups in total. The second-order valence-corrected chi connectivity index (χ2v) is 6.54. The molecule has 0 heterocycles. The summed E-state index contributed by atoms with van der Waals surface area (Å²) in [5.74, 6) is 0.993. The van der Waals surface area contributed by atoms with Gasteiger partial charge in [0.1, 0.15) is 0 Å². The molecule has 9 nitrogen and oxygen atoms in total. The third-order valence-corrected chi connectivity index (χ3v) is 4.30. The van der Waals surface area contributed by atoms with Crippen LogP contribution in [0.1, 0.15) is 0 Å². The van der Waals surface area contributed by atoms with Crippen molar-refractivity contribution in [3.63, 3.8) is 0 Å². The van der Waals surface area contributed by atoms with E-state index in [-0.39, 0.29) is 13.1 Å². The van der Waals surface area contributed by atoms with Crippen LogP contribution in [0.4, 0.5) is 10.5 Å². The summed E-state index contributed by atoms with van der Waals surface area (Å²) < 4.78 is 45.4. The monoisotopic (exact) mass is 362 g/mol. The number of nitrogens with zero attached hydrogens (tertiary/aromatic N) is 1. The molecule has 0 radical (unpaired) electrons. The number of carbonyl (C=O) groups excluding carboxylic acids is 1. The van der Waals surface area contributed by atoms with Gasteiger partial charge in [-0.1, -0.05) is 0 Å². The van der Waals surface area contributed by atoms with E-state index in [4.69, 9.17) is 14.2 Å². The van der Waals surface area contributed by atoms with Gasteiger partial charge in [-0.25, -0.2) is 13.2 Å². The number of carbonyl (C=O) groups is 1. The first-order chi connectivity index (χ1) is 11.3. The van der Waals surface area contributed by atoms with Gasteiger partial charge in [0, 0.05) is 18.7 Å². The lowest BCUT2D eigenvalue weighted by atomic mass is 10.2. The van der Waals surface area contributed by atoms with Crippen LogP contribution in [-0.2, 0) is 14.8 Å². The summed E-state index contributed by atoms with van der Waals surface area (Å²) in [6, 6.07) is 3.03. The summed E-state index contributed by atoms with van der Waals surface area (Å²) in [4.78, 5) is 11.1. The molecule has 0 fully saturated rings. The summed E-state index contributed by atoms with van der Waals surface area (Å²) in [5, 5.41) is 2.43. The van der Waals surface area contributed by atoms with Crippen LogP contribution < -0.4 is 23.8 Å². The standard InChI is InChI=1S/C14H22N2O7S/c1-20-11-8-10(9-12(21-2)13(11)22-3)16(24(5,18)19)7-6-15-14(17)23-4/h8-9H,6-7H2,1-5H3,(H,15,17). The highest BCUT2D eigenvalue weighted by Crippen LogP contribution is 2.41. The van der Waals surface area contributed by atoms with E-state index in [2.05, 4.69) is 10.1 Å². The molecule has 0 aliphatic rings. The molecule has 1 rings (SSSR count). The number of nitrogens with one attached hydrogen (secondary N) is 1. The Morgan fingerprint density at radius 3 is 2.00 bits per heavy atom. The van der Waals surface area contributed by atoms with Crippen LogP contribution in [0, 0.1) is 0 Å². The summed E-state index contributed by atoms with van der Waals surface area (Å²) in [6.45, 7) is 0.0724. The first kappa shape index (κ1) is 19.7. The average Bonchev–Trinajstić information content (AvgIpc) is 2.55. The number of hydrogen-bond donors (Lipinski definition) is 1. The number of ether oxygens (including phenoxy) is 4. The Morgan fingerprint density at radius 1 is 1.08 bits per heavy atom. The maximum Gasteiger partial charge on any atom is 0.406 e. The Bertz CT molecular complexity index is 651. The zero-order valence-corrected chi connectivity index (χ0v) is 15.1. The first-order valence-electron chi connectivity index (χ1n) is 6.88. The second-order valence-electron chi connectivity index (χ2n) is 4.64. The van der Waals surface area contributed by atoms with Gasteiger partial charge in [-0.05, 0) is 0 Å². The number of benzene rings is 1. The van der Waals surface area contributed by atoms with Crippen molar-refractivity contribution >= 4 is 21.8 Å². The van der Waals surface area contributed by atoms with Crippen molar-refractivity contribution in [1.82, 2.24) is 5.32 Å². The van der Waals surface area contributed by atoms with Gasteiger partial charge < -0.3 is 24.3 Å². The van der Waals surface area contributed by atoms with Gasteiger partial charge in [0.2, 0.25) is 15.8 Å². The minimum atomic E-state index is -3.60. The van der Waals surface area contributed by atoms with Gasteiger partial charge >= 0.3 is 6.09 Å². The van der Waals surface area contributed by atoms with Crippen molar-refractivity contribution in [2.75, 3.05) is 52.1 Å². The molecule has 1 amide bonds. The lowest BCUT2D eigenvalue weighted by molar-refractivity contribution is 0.171. The number of rotatable bonds is 8. The van der Waals surface area contributed by atoms with E-state index >= 15 is 0 Å². The predicted molar refractivity (Wildman–Crippen MR) is 88.7 cm³/mol. The maximum absolute atomic E-state index is 12.1. The minimum absolute atomic E-state index is 0.00652. The SMILES string of the molecule is COC(=O)NCCN(c1cc(OC)c(OC)c(OC)c1)S(C)(=O)=O. The topological polar surface area (TPSA) is 103 Å². The largest absolute Gasteiger partial charge is 0.493 e. The third kappa shape index (κ3) is 4.82.